The van der Waals surface area contributed by atoms with E-state index in [4.69, 9.17) is 25.9 Å². The normalized spacial score (nSPS) is 16.4. The van der Waals surface area contributed by atoms with E-state index in [-0.39, 0.29) is 30.7 Å². The summed E-state index contributed by atoms with van der Waals surface area (Å²) < 4.78 is 0. The topological polar surface area (TPSA) is 187 Å². The Bertz CT molecular complexity index is 592. The summed E-state index contributed by atoms with van der Waals surface area (Å²) in [6.07, 6.45) is 5.01. The van der Waals surface area contributed by atoms with Crippen LogP contribution in [0.4, 0.5) is 4.79 Å². The van der Waals surface area contributed by atoms with Crippen molar-refractivity contribution in [2.75, 3.05) is 0 Å². The average Bonchev–Trinajstić information content (AvgIpc) is 2.85. The summed E-state index contributed by atoms with van der Waals surface area (Å²) in [6, 6.07) is 0.164. The van der Waals surface area contributed by atoms with E-state index in [1.54, 1.807) is 6.92 Å². The molecule has 1 aliphatic carbocycles. The molecule has 2 aliphatic rings. The van der Waals surface area contributed by atoms with Gasteiger partial charge in [-0.25, -0.2) is 10.3 Å². The maximum absolute atomic E-state index is 11.7. The Balaban J connectivity index is 0.000000449. The first-order valence-electron chi connectivity index (χ1n) is 8.29. The van der Waals surface area contributed by atoms with Crippen LogP contribution in [0, 0.1) is 0 Å². The molecule has 152 valence electrons. The third-order valence-electron chi connectivity index (χ3n) is 3.80. The molecule has 0 radical (unpaired) electrons. The number of primary amides is 1. The first kappa shape index (κ1) is 24.1. The monoisotopic (exact) mass is 387 g/mol. The van der Waals surface area contributed by atoms with Gasteiger partial charge in [-0.2, -0.15) is 0 Å². The molecule has 0 aromatic carbocycles. The Morgan fingerprint density at radius 2 is 1.67 bits per heavy atom. The number of hydroxylamine groups is 1. The Kier molecular flexibility index (Phi) is 11.1. The molecule has 6 N–H and O–H groups in total. The van der Waals surface area contributed by atoms with Crippen LogP contribution in [0.3, 0.4) is 0 Å². The summed E-state index contributed by atoms with van der Waals surface area (Å²) in [5, 5.41) is 21.8. The van der Waals surface area contributed by atoms with E-state index in [2.05, 4.69) is 0 Å². The smallest absolute Gasteiger partial charge is 0.450 e. The summed E-state index contributed by atoms with van der Waals surface area (Å²) in [5.41, 5.74) is 6.65. The number of nitrogens with two attached hydrogens (primary N) is 1. The van der Waals surface area contributed by atoms with Gasteiger partial charge < -0.3 is 15.9 Å². The highest BCUT2D eigenvalue weighted by molar-refractivity contribution is 6.16. The summed E-state index contributed by atoms with van der Waals surface area (Å²) in [6.45, 7) is 1.71. The lowest BCUT2D eigenvalue weighted by Crippen LogP contribution is -2.41. The summed E-state index contributed by atoms with van der Waals surface area (Å²) in [7, 11) is 0. The van der Waals surface area contributed by atoms with E-state index in [0.717, 1.165) is 25.7 Å². The maximum atomic E-state index is 11.7. The molecule has 1 fully saturated rings. The van der Waals surface area contributed by atoms with Gasteiger partial charge in [-0.05, 0) is 19.8 Å². The fourth-order valence-electron chi connectivity index (χ4n) is 2.58. The van der Waals surface area contributed by atoms with Gasteiger partial charge in [-0.15, -0.1) is 0 Å². The van der Waals surface area contributed by atoms with E-state index in [1.165, 1.54) is 22.9 Å². The number of nitrogens with one attached hydrogen (secondary N) is 1. The summed E-state index contributed by atoms with van der Waals surface area (Å²) in [4.78, 5) is 53.3. The lowest BCUT2D eigenvalue weighted by Gasteiger charge is -2.29. The molecular formula is C16H25N3O8. The number of amides is 4. The van der Waals surface area contributed by atoms with Gasteiger partial charge in [0.2, 0.25) is 11.8 Å². The first-order valence-corrected chi connectivity index (χ1v) is 8.29. The molecule has 27 heavy (non-hydrogen) atoms. The number of carbonyl (C=O) groups is 5. The van der Waals surface area contributed by atoms with Crippen molar-refractivity contribution >= 4 is 29.8 Å². The molecule has 11 nitrogen and oxygen atoms in total. The molecule has 1 heterocycles. The van der Waals surface area contributed by atoms with Gasteiger partial charge in [-0.1, -0.05) is 19.3 Å². The van der Waals surface area contributed by atoms with Gasteiger partial charge in [0.05, 0.1) is 0 Å². The van der Waals surface area contributed by atoms with Crippen molar-refractivity contribution in [1.82, 2.24) is 10.4 Å². The van der Waals surface area contributed by atoms with Crippen molar-refractivity contribution in [2.24, 2.45) is 5.73 Å². The molecule has 0 atom stereocenters. The van der Waals surface area contributed by atoms with Crippen LogP contribution in [0.2, 0.25) is 0 Å². The molecule has 1 aliphatic heterocycles. The number of carboxylic acid groups (broad SMARTS) is 2. The van der Waals surface area contributed by atoms with Crippen LogP contribution in [0.5, 0.6) is 0 Å². The predicted molar refractivity (Wildman–Crippen MR) is 91.5 cm³/mol. The standard InChI is InChI=1S/C11H15NO2.C4H8N2O3.CH2O3/c1-8-7-10(13)12(11(8)14)9-5-3-2-4-6-9;5-3(7)1-2-4(8)6-9;2-1(3)4/h7,9H,2-6H2,1H3;9H,1-2H2,(H2,5,7)(H,6,8);(H2,2,3,4). The van der Waals surface area contributed by atoms with Gasteiger partial charge in [-0.3, -0.25) is 29.3 Å². The third kappa shape index (κ3) is 9.94. The van der Waals surface area contributed by atoms with Gasteiger partial charge in [0.1, 0.15) is 0 Å². The van der Waals surface area contributed by atoms with Crippen molar-refractivity contribution < 1.29 is 39.4 Å². The third-order valence-corrected chi connectivity index (χ3v) is 3.80. The zero-order valence-corrected chi connectivity index (χ0v) is 15.0. The zero-order valence-electron chi connectivity index (χ0n) is 15.0. The predicted octanol–water partition coefficient (Wildman–Crippen LogP) is 0.614. The summed E-state index contributed by atoms with van der Waals surface area (Å²) in [5.74, 6) is -1.35. The molecule has 1 saturated carbocycles. The Hall–Kier alpha value is -2.95. The number of hydrogen-bond acceptors (Lipinski definition) is 6. The molecule has 0 saturated heterocycles. The van der Waals surface area contributed by atoms with Crippen LogP contribution in [0.15, 0.2) is 11.6 Å². The van der Waals surface area contributed by atoms with Crippen LogP contribution in [-0.4, -0.2) is 56.1 Å². The molecule has 0 bridgehead atoms. The van der Waals surface area contributed by atoms with Crippen LogP contribution in [0.25, 0.3) is 0 Å². The molecule has 11 heteroatoms. The highest BCUT2D eigenvalue weighted by atomic mass is 16.6. The first-order chi connectivity index (χ1) is 12.6. The van der Waals surface area contributed by atoms with Crippen molar-refractivity contribution in [3.63, 3.8) is 0 Å². The number of carbonyl (C=O) groups excluding carboxylic acids is 4. The second kappa shape index (κ2) is 12.4. The van der Waals surface area contributed by atoms with Crippen LogP contribution < -0.4 is 11.2 Å². The molecule has 0 aromatic heterocycles. The lowest BCUT2D eigenvalue weighted by molar-refractivity contribution is -0.140. The van der Waals surface area contributed by atoms with Crippen molar-refractivity contribution in [2.45, 2.75) is 57.9 Å². The van der Waals surface area contributed by atoms with E-state index in [1.807, 2.05) is 0 Å². The minimum atomic E-state index is -1.83. The van der Waals surface area contributed by atoms with Crippen LogP contribution in [-0.2, 0) is 19.2 Å². The highest BCUT2D eigenvalue weighted by Gasteiger charge is 2.34. The molecule has 0 spiro atoms. The average molecular weight is 387 g/mol. The fourth-order valence-corrected chi connectivity index (χ4v) is 2.58. The Morgan fingerprint density at radius 3 is 2.04 bits per heavy atom. The molecule has 2 rings (SSSR count). The molecular weight excluding hydrogens is 362 g/mol. The minimum Gasteiger partial charge on any atom is -0.450 e. The van der Waals surface area contributed by atoms with Crippen LogP contribution >= 0.6 is 0 Å². The van der Waals surface area contributed by atoms with Crippen molar-refractivity contribution in [3.05, 3.63) is 11.6 Å². The number of imide groups is 1. The largest absolute Gasteiger partial charge is 0.503 e. The highest BCUT2D eigenvalue weighted by Crippen LogP contribution is 2.26. The number of hydrogen-bond donors (Lipinski definition) is 5. The van der Waals surface area contributed by atoms with Crippen LogP contribution in [0.1, 0.15) is 51.9 Å². The lowest BCUT2D eigenvalue weighted by atomic mass is 9.94. The van der Waals surface area contributed by atoms with E-state index in [0.29, 0.717) is 5.57 Å². The maximum Gasteiger partial charge on any atom is 0.503 e. The van der Waals surface area contributed by atoms with Gasteiger partial charge in [0.25, 0.3) is 11.8 Å². The summed E-state index contributed by atoms with van der Waals surface area (Å²) >= 11 is 0. The van der Waals surface area contributed by atoms with Gasteiger partial charge in [0.15, 0.2) is 0 Å². The van der Waals surface area contributed by atoms with Crippen molar-refractivity contribution in [3.8, 4) is 0 Å². The number of rotatable bonds is 4. The number of nitrogens with zero attached hydrogens (tertiary/aromatic N) is 1. The van der Waals surface area contributed by atoms with Crippen molar-refractivity contribution in [1.29, 1.82) is 0 Å². The second-order valence-electron chi connectivity index (χ2n) is 5.92. The minimum absolute atomic E-state index is 0.0353. The molecule has 0 aromatic rings. The Morgan fingerprint density at radius 1 is 1.15 bits per heavy atom. The van der Waals surface area contributed by atoms with Gasteiger partial charge >= 0.3 is 6.16 Å². The molecule has 0 unspecified atom stereocenters. The molecule has 4 amide bonds. The SMILES string of the molecule is CC1=CC(=O)N(C2CCCCC2)C1=O.NC(=O)CCC(=O)NO.O=C(O)O. The second-order valence-corrected chi connectivity index (χ2v) is 5.92. The van der Waals surface area contributed by atoms with E-state index >= 15 is 0 Å². The zero-order chi connectivity index (χ0) is 21.0. The van der Waals surface area contributed by atoms with E-state index < -0.39 is 18.0 Å². The Labute approximate surface area is 155 Å². The van der Waals surface area contributed by atoms with E-state index in [9.17, 15) is 19.2 Å². The fraction of sp³-hybridized carbons (Fsp3) is 0.562. The quantitative estimate of drug-likeness (QED) is 0.263. The van der Waals surface area contributed by atoms with Gasteiger partial charge in [0, 0.05) is 30.5 Å².